The maximum absolute atomic E-state index is 6.19. The zero-order valence-electron chi connectivity index (χ0n) is 10.4. The van der Waals surface area contributed by atoms with E-state index in [1.807, 2.05) is 25.1 Å². The first-order chi connectivity index (χ1) is 8.67. The molecule has 2 rings (SSSR count). The van der Waals surface area contributed by atoms with Crippen molar-refractivity contribution in [2.75, 3.05) is 7.11 Å². The van der Waals surface area contributed by atoms with Gasteiger partial charge >= 0.3 is 0 Å². The van der Waals surface area contributed by atoms with E-state index in [0.717, 1.165) is 28.0 Å². The lowest BCUT2D eigenvalue weighted by Gasteiger charge is -2.13. The van der Waals surface area contributed by atoms with Gasteiger partial charge < -0.3 is 10.5 Å². The van der Waals surface area contributed by atoms with E-state index in [1.54, 1.807) is 19.5 Å². The van der Waals surface area contributed by atoms with E-state index in [4.69, 9.17) is 22.1 Å². The Hall–Kier alpha value is -1.58. The number of aryl methyl sites for hydroxylation is 1. The molecule has 3 nitrogen and oxygen atoms in total. The number of hydrogen-bond donors (Lipinski definition) is 1. The lowest BCUT2D eigenvalue weighted by atomic mass is 9.99. The second-order valence-corrected chi connectivity index (χ2v) is 4.45. The molecule has 0 aliphatic carbocycles. The predicted octanol–water partition coefficient (Wildman–Crippen LogP) is 3.18. The van der Waals surface area contributed by atoms with Crippen LogP contribution in [0.1, 0.15) is 11.1 Å². The molecule has 1 aromatic carbocycles. The van der Waals surface area contributed by atoms with Crippen molar-refractivity contribution in [3.63, 3.8) is 0 Å². The number of nitrogens with zero attached hydrogens (tertiary/aromatic N) is 1. The Bertz CT molecular complexity index is 570. The number of halogens is 1. The number of aromatic nitrogens is 1. The van der Waals surface area contributed by atoms with E-state index in [9.17, 15) is 0 Å². The third-order valence-corrected chi connectivity index (χ3v) is 3.30. The second-order valence-electron chi connectivity index (χ2n) is 4.04. The van der Waals surface area contributed by atoms with Crippen LogP contribution < -0.4 is 10.5 Å². The molecule has 2 aromatic rings. The third kappa shape index (κ3) is 2.33. The molecule has 4 heteroatoms. The van der Waals surface area contributed by atoms with Crippen molar-refractivity contribution in [2.45, 2.75) is 13.5 Å². The molecule has 0 atom stereocenters. The van der Waals surface area contributed by atoms with Crippen molar-refractivity contribution in [3.8, 4) is 16.9 Å². The molecule has 0 radical (unpaired) electrons. The quantitative estimate of drug-likeness (QED) is 0.924. The Morgan fingerprint density at radius 2 is 2.11 bits per heavy atom. The maximum atomic E-state index is 6.19. The zero-order chi connectivity index (χ0) is 13.1. The summed E-state index contributed by atoms with van der Waals surface area (Å²) in [6.07, 6.45) is 3.50. The van der Waals surface area contributed by atoms with E-state index in [1.165, 1.54) is 0 Å². The topological polar surface area (TPSA) is 48.1 Å². The first-order valence-electron chi connectivity index (χ1n) is 5.64. The lowest BCUT2D eigenvalue weighted by Crippen LogP contribution is -2.00. The minimum absolute atomic E-state index is 0.428. The molecule has 94 valence electrons. The van der Waals surface area contributed by atoms with Gasteiger partial charge in [0.1, 0.15) is 5.75 Å². The Morgan fingerprint density at radius 3 is 2.78 bits per heavy atom. The maximum Gasteiger partial charge on any atom is 0.127 e. The molecule has 0 aliphatic rings. The van der Waals surface area contributed by atoms with Gasteiger partial charge in [-0.15, -0.1) is 0 Å². The summed E-state index contributed by atoms with van der Waals surface area (Å²) in [5.74, 6) is 0.790. The standard InChI is InChI=1S/C14H15ClN2O/c1-9-5-14(18-2)12(6-13(9)15)11-3-4-17-8-10(11)7-16/h3-6,8H,7,16H2,1-2H3. The number of rotatable bonds is 3. The van der Waals surface area contributed by atoms with Gasteiger partial charge in [-0.3, -0.25) is 4.98 Å². The highest BCUT2D eigenvalue weighted by Crippen LogP contribution is 2.35. The SMILES string of the molecule is COc1cc(C)c(Cl)cc1-c1ccncc1CN. The second kappa shape index (κ2) is 5.38. The van der Waals surface area contributed by atoms with Gasteiger partial charge in [0.2, 0.25) is 0 Å². The van der Waals surface area contributed by atoms with Crippen LogP contribution in [0.4, 0.5) is 0 Å². The van der Waals surface area contributed by atoms with Crippen molar-refractivity contribution in [1.82, 2.24) is 4.98 Å². The Labute approximate surface area is 112 Å². The van der Waals surface area contributed by atoms with Crippen LogP contribution in [0.15, 0.2) is 30.6 Å². The van der Waals surface area contributed by atoms with Crippen LogP contribution >= 0.6 is 11.6 Å². The number of methoxy groups -OCH3 is 1. The molecular formula is C14H15ClN2O. The van der Waals surface area contributed by atoms with Gasteiger partial charge in [-0.05, 0) is 41.8 Å². The van der Waals surface area contributed by atoms with Crippen LogP contribution in [0.25, 0.3) is 11.1 Å². The van der Waals surface area contributed by atoms with Gasteiger partial charge in [0.15, 0.2) is 0 Å². The number of benzene rings is 1. The Balaban J connectivity index is 2.66. The van der Waals surface area contributed by atoms with Crippen molar-refractivity contribution in [2.24, 2.45) is 5.73 Å². The number of ether oxygens (including phenoxy) is 1. The van der Waals surface area contributed by atoms with Crippen LogP contribution in [-0.4, -0.2) is 12.1 Å². The first kappa shape index (κ1) is 12.9. The van der Waals surface area contributed by atoms with E-state index in [-0.39, 0.29) is 0 Å². The average Bonchev–Trinajstić information content (AvgIpc) is 2.41. The third-order valence-electron chi connectivity index (χ3n) is 2.89. The summed E-state index contributed by atoms with van der Waals surface area (Å²) < 4.78 is 5.42. The fraction of sp³-hybridized carbons (Fsp3) is 0.214. The minimum atomic E-state index is 0.428. The van der Waals surface area contributed by atoms with Gasteiger partial charge in [0, 0.05) is 29.5 Å². The highest BCUT2D eigenvalue weighted by molar-refractivity contribution is 6.31. The van der Waals surface area contributed by atoms with Gasteiger partial charge in [0.05, 0.1) is 7.11 Å². The van der Waals surface area contributed by atoms with Crippen LogP contribution in [0.3, 0.4) is 0 Å². The van der Waals surface area contributed by atoms with Gasteiger partial charge in [0.25, 0.3) is 0 Å². The Morgan fingerprint density at radius 1 is 1.33 bits per heavy atom. The molecule has 0 amide bonds. The predicted molar refractivity (Wildman–Crippen MR) is 73.9 cm³/mol. The molecule has 0 saturated carbocycles. The van der Waals surface area contributed by atoms with E-state index in [2.05, 4.69) is 4.98 Å². The zero-order valence-corrected chi connectivity index (χ0v) is 11.2. The summed E-state index contributed by atoms with van der Waals surface area (Å²) >= 11 is 6.19. The molecule has 2 N–H and O–H groups in total. The highest BCUT2D eigenvalue weighted by atomic mass is 35.5. The molecule has 0 bridgehead atoms. The fourth-order valence-electron chi connectivity index (χ4n) is 1.89. The molecular weight excluding hydrogens is 248 g/mol. The van der Waals surface area contributed by atoms with Gasteiger partial charge in [-0.2, -0.15) is 0 Å². The number of nitrogens with two attached hydrogens (primary N) is 1. The normalized spacial score (nSPS) is 10.4. The first-order valence-corrected chi connectivity index (χ1v) is 6.02. The summed E-state index contributed by atoms with van der Waals surface area (Å²) in [6.45, 7) is 2.38. The number of pyridine rings is 1. The van der Waals surface area contributed by atoms with Crippen molar-refractivity contribution >= 4 is 11.6 Å². The van der Waals surface area contributed by atoms with Crippen molar-refractivity contribution < 1.29 is 4.74 Å². The molecule has 0 aliphatic heterocycles. The molecule has 0 unspecified atom stereocenters. The molecule has 18 heavy (non-hydrogen) atoms. The van der Waals surface area contributed by atoms with Gasteiger partial charge in [-0.25, -0.2) is 0 Å². The van der Waals surface area contributed by atoms with E-state index >= 15 is 0 Å². The monoisotopic (exact) mass is 262 g/mol. The summed E-state index contributed by atoms with van der Waals surface area (Å²) in [6, 6.07) is 5.76. The Kier molecular flexibility index (Phi) is 3.84. The van der Waals surface area contributed by atoms with Crippen LogP contribution in [0.5, 0.6) is 5.75 Å². The summed E-state index contributed by atoms with van der Waals surface area (Å²) in [4.78, 5) is 4.08. The molecule has 1 heterocycles. The molecule has 0 fully saturated rings. The lowest BCUT2D eigenvalue weighted by molar-refractivity contribution is 0.416. The minimum Gasteiger partial charge on any atom is -0.496 e. The molecule has 1 aromatic heterocycles. The fourth-order valence-corrected chi connectivity index (χ4v) is 2.05. The number of hydrogen-bond acceptors (Lipinski definition) is 3. The average molecular weight is 263 g/mol. The summed E-state index contributed by atoms with van der Waals surface area (Å²) in [5, 5.41) is 0.714. The summed E-state index contributed by atoms with van der Waals surface area (Å²) in [7, 11) is 1.65. The molecule has 0 spiro atoms. The largest absolute Gasteiger partial charge is 0.496 e. The van der Waals surface area contributed by atoms with Crippen LogP contribution in [-0.2, 0) is 6.54 Å². The smallest absolute Gasteiger partial charge is 0.127 e. The van der Waals surface area contributed by atoms with Gasteiger partial charge in [-0.1, -0.05) is 11.6 Å². The highest BCUT2D eigenvalue weighted by Gasteiger charge is 2.12. The van der Waals surface area contributed by atoms with E-state index in [0.29, 0.717) is 11.6 Å². The summed E-state index contributed by atoms with van der Waals surface area (Å²) in [5.41, 5.74) is 9.64. The van der Waals surface area contributed by atoms with Crippen molar-refractivity contribution in [1.29, 1.82) is 0 Å². The van der Waals surface area contributed by atoms with E-state index < -0.39 is 0 Å². The molecule has 0 saturated heterocycles. The van der Waals surface area contributed by atoms with Crippen LogP contribution in [0, 0.1) is 6.92 Å². The van der Waals surface area contributed by atoms with Crippen molar-refractivity contribution in [3.05, 3.63) is 46.7 Å². The van der Waals surface area contributed by atoms with Crippen LogP contribution in [0.2, 0.25) is 5.02 Å².